The second-order valence-electron chi connectivity index (χ2n) is 6.25. The standard InChI is InChI=1S/C17H30N4S.HI/c1-4-18-17(20-12-16-8-6-10-22-16)19-11-15(3)21-9-5-7-14(2)13-21;/h6,8,10,14-15H,4-5,7,9,11-13H2,1-3H3,(H2,18,19,20);1H. The fraction of sp³-hybridized carbons (Fsp3) is 0.706. The van der Waals surface area contributed by atoms with Gasteiger partial charge in [-0.05, 0) is 50.6 Å². The number of nitrogens with one attached hydrogen (secondary N) is 2. The highest BCUT2D eigenvalue weighted by molar-refractivity contribution is 14.0. The summed E-state index contributed by atoms with van der Waals surface area (Å²) in [7, 11) is 0. The van der Waals surface area contributed by atoms with Crippen molar-refractivity contribution in [2.75, 3.05) is 26.2 Å². The van der Waals surface area contributed by atoms with Gasteiger partial charge in [0.25, 0.3) is 0 Å². The summed E-state index contributed by atoms with van der Waals surface area (Å²) < 4.78 is 0. The highest BCUT2D eigenvalue weighted by atomic mass is 127. The zero-order chi connectivity index (χ0) is 15.8. The van der Waals surface area contributed by atoms with Crippen molar-refractivity contribution >= 4 is 41.3 Å². The minimum Gasteiger partial charge on any atom is -0.357 e. The Labute approximate surface area is 162 Å². The molecule has 0 amide bonds. The molecule has 1 aliphatic rings. The van der Waals surface area contributed by atoms with Crippen molar-refractivity contribution in [1.29, 1.82) is 0 Å². The summed E-state index contributed by atoms with van der Waals surface area (Å²) >= 11 is 1.76. The lowest BCUT2D eigenvalue weighted by Gasteiger charge is -2.35. The van der Waals surface area contributed by atoms with E-state index >= 15 is 0 Å². The van der Waals surface area contributed by atoms with Gasteiger partial charge in [-0.15, -0.1) is 35.3 Å². The van der Waals surface area contributed by atoms with Gasteiger partial charge < -0.3 is 10.6 Å². The molecule has 2 rings (SSSR count). The molecule has 6 heteroatoms. The Balaban J connectivity index is 0.00000264. The van der Waals surface area contributed by atoms with Crippen LogP contribution in [0.5, 0.6) is 0 Å². The average Bonchev–Trinajstić information content (AvgIpc) is 3.03. The van der Waals surface area contributed by atoms with Gasteiger partial charge in [0.2, 0.25) is 0 Å². The van der Waals surface area contributed by atoms with Crippen LogP contribution in [0.3, 0.4) is 0 Å². The van der Waals surface area contributed by atoms with Crippen molar-refractivity contribution in [3.05, 3.63) is 22.4 Å². The number of rotatable bonds is 6. The second kappa shape index (κ2) is 11.3. The number of thiophene rings is 1. The molecule has 0 aliphatic carbocycles. The first-order valence-corrected chi connectivity index (χ1v) is 9.35. The molecule has 0 bridgehead atoms. The lowest BCUT2D eigenvalue weighted by Crippen LogP contribution is -2.48. The van der Waals surface area contributed by atoms with E-state index in [9.17, 15) is 0 Å². The molecule has 4 nitrogen and oxygen atoms in total. The molecule has 2 heterocycles. The Hall–Kier alpha value is -0.340. The molecule has 132 valence electrons. The number of piperidine rings is 1. The van der Waals surface area contributed by atoms with Crippen LogP contribution in [0.1, 0.15) is 38.5 Å². The summed E-state index contributed by atoms with van der Waals surface area (Å²) in [4.78, 5) is 8.58. The number of guanidine groups is 1. The van der Waals surface area contributed by atoms with Crippen molar-refractivity contribution in [2.24, 2.45) is 10.9 Å². The van der Waals surface area contributed by atoms with Crippen LogP contribution in [0, 0.1) is 5.92 Å². The molecular formula is C17H31IN4S. The highest BCUT2D eigenvalue weighted by Gasteiger charge is 2.20. The number of aliphatic imine (C=N–C) groups is 1. The molecule has 23 heavy (non-hydrogen) atoms. The molecule has 1 aliphatic heterocycles. The fourth-order valence-electron chi connectivity index (χ4n) is 2.90. The van der Waals surface area contributed by atoms with Crippen LogP contribution in [-0.4, -0.2) is 43.1 Å². The van der Waals surface area contributed by atoms with Gasteiger partial charge in [-0.3, -0.25) is 4.90 Å². The van der Waals surface area contributed by atoms with Crippen LogP contribution in [-0.2, 0) is 6.54 Å². The van der Waals surface area contributed by atoms with Crippen molar-refractivity contribution < 1.29 is 0 Å². The zero-order valence-electron chi connectivity index (χ0n) is 14.5. The maximum absolute atomic E-state index is 4.67. The fourth-order valence-corrected chi connectivity index (χ4v) is 3.53. The van der Waals surface area contributed by atoms with E-state index in [-0.39, 0.29) is 24.0 Å². The lowest BCUT2D eigenvalue weighted by atomic mass is 9.99. The first kappa shape index (κ1) is 20.7. The molecule has 0 aromatic carbocycles. The summed E-state index contributed by atoms with van der Waals surface area (Å²) in [5, 5.41) is 8.94. The van der Waals surface area contributed by atoms with Gasteiger partial charge >= 0.3 is 0 Å². The van der Waals surface area contributed by atoms with Gasteiger partial charge in [-0.25, -0.2) is 4.99 Å². The minimum absolute atomic E-state index is 0. The largest absolute Gasteiger partial charge is 0.357 e. The van der Waals surface area contributed by atoms with Gasteiger partial charge in [0.15, 0.2) is 5.96 Å². The Bertz CT molecular complexity index is 449. The van der Waals surface area contributed by atoms with Crippen molar-refractivity contribution in [3.63, 3.8) is 0 Å². The monoisotopic (exact) mass is 450 g/mol. The van der Waals surface area contributed by atoms with Crippen LogP contribution in [0.15, 0.2) is 22.5 Å². The Morgan fingerprint density at radius 1 is 1.48 bits per heavy atom. The van der Waals surface area contributed by atoms with Crippen LogP contribution in [0.2, 0.25) is 0 Å². The molecule has 1 aromatic rings. The summed E-state index contributed by atoms with van der Waals surface area (Å²) in [6, 6.07) is 4.76. The van der Waals surface area contributed by atoms with Gasteiger partial charge in [0.1, 0.15) is 0 Å². The first-order valence-electron chi connectivity index (χ1n) is 8.47. The van der Waals surface area contributed by atoms with E-state index in [0.29, 0.717) is 6.04 Å². The maximum atomic E-state index is 4.67. The van der Waals surface area contributed by atoms with E-state index in [4.69, 9.17) is 0 Å². The summed E-state index contributed by atoms with van der Waals surface area (Å²) in [6.45, 7) is 11.8. The van der Waals surface area contributed by atoms with E-state index in [1.807, 2.05) is 0 Å². The predicted molar refractivity (Wildman–Crippen MR) is 112 cm³/mol. The van der Waals surface area contributed by atoms with Gasteiger partial charge in [0, 0.05) is 30.6 Å². The normalized spacial score (nSPS) is 20.7. The summed E-state index contributed by atoms with van der Waals surface area (Å²) in [5.74, 6) is 1.75. The number of halogens is 1. The zero-order valence-corrected chi connectivity index (χ0v) is 17.7. The molecule has 0 spiro atoms. The third-order valence-corrected chi connectivity index (χ3v) is 5.06. The Kier molecular flexibility index (Phi) is 10.1. The van der Waals surface area contributed by atoms with Crippen LogP contribution in [0.25, 0.3) is 0 Å². The Morgan fingerprint density at radius 3 is 2.96 bits per heavy atom. The molecule has 1 fully saturated rings. The molecule has 2 unspecified atom stereocenters. The molecule has 1 saturated heterocycles. The number of nitrogens with zero attached hydrogens (tertiary/aromatic N) is 2. The highest BCUT2D eigenvalue weighted by Crippen LogP contribution is 2.17. The van der Waals surface area contributed by atoms with E-state index in [0.717, 1.165) is 31.5 Å². The quantitative estimate of drug-likeness (QED) is 0.396. The molecule has 0 saturated carbocycles. The maximum Gasteiger partial charge on any atom is 0.191 e. The second-order valence-corrected chi connectivity index (χ2v) is 7.28. The van der Waals surface area contributed by atoms with Crippen molar-refractivity contribution in [3.8, 4) is 0 Å². The van der Waals surface area contributed by atoms with E-state index in [2.05, 4.69) is 58.8 Å². The van der Waals surface area contributed by atoms with E-state index in [1.165, 1.54) is 30.8 Å². The van der Waals surface area contributed by atoms with Crippen LogP contribution in [0.4, 0.5) is 0 Å². The molecule has 1 aromatic heterocycles. The van der Waals surface area contributed by atoms with Crippen molar-refractivity contribution in [1.82, 2.24) is 15.5 Å². The molecule has 2 N–H and O–H groups in total. The average molecular weight is 450 g/mol. The SMILES string of the molecule is CCNC(=NCc1cccs1)NCC(C)N1CCCC(C)C1.I. The molecule has 2 atom stereocenters. The van der Waals surface area contributed by atoms with E-state index in [1.54, 1.807) is 11.3 Å². The topological polar surface area (TPSA) is 39.7 Å². The lowest BCUT2D eigenvalue weighted by molar-refractivity contribution is 0.139. The summed E-state index contributed by atoms with van der Waals surface area (Å²) in [6.07, 6.45) is 2.71. The minimum atomic E-state index is 0. The third kappa shape index (κ3) is 7.39. The van der Waals surface area contributed by atoms with E-state index < -0.39 is 0 Å². The van der Waals surface area contributed by atoms with Crippen LogP contribution >= 0.6 is 35.3 Å². The van der Waals surface area contributed by atoms with Gasteiger partial charge in [-0.2, -0.15) is 0 Å². The number of hydrogen-bond acceptors (Lipinski definition) is 3. The van der Waals surface area contributed by atoms with Gasteiger partial charge in [-0.1, -0.05) is 13.0 Å². The smallest absolute Gasteiger partial charge is 0.191 e. The Morgan fingerprint density at radius 2 is 2.30 bits per heavy atom. The third-order valence-electron chi connectivity index (χ3n) is 4.19. The van der Waals surface area contributed by atoms with Crippen molar-refractivity contribution in [2.45, 2.75) is 46.2 Å². The van der Waals surface area contributed by atoms with Crippen LogP contribution < -0.4 is 10.6 Å². The first-order chi connectivity index (χ1) is 10.7. The summed E-state index contributed by atoms with van der Waals surface area (Å²) in [5.41, 5.74) is 0. The predicted octanol–water partition coefficient (Wildman–Crippen LogP) is 3.54. The molecular weight excluding hydrogens is 419 g/mol. The number of likely N-dealkylation sites (tertiary alicyclic amines) is 1. The number of hydrogen-bond donors (Lipinski definition) is 2. The molecule has 0 radical (unpaired) electrons. The van der Waals surface area contributed by atoms with Gasteiger partial charge in [0.05, 0.1) is 6.54 Å².